The fourth-order valence-corrected chi connectivity index (χ4v) is 5.98. The average molecular weight is 548 g/mol. The first-order chi connectivity index (χ1) is 18.1. The maximum absolute atomic E-state index is 14.8. The second kappa shape index (κ2) is 10.7. The van der Waals surface area contributed by atoms with Gasteiger partial charge in [-0.3, -0.25) is 14.5 Å². The number of aromatic nitrogens is 1. The number of alkyl halides is 2. The Morgan fingerprint density at radius 1 is 1.13 bits per heavy atom. The van der Waals surface area contributed by atoms with Crippen LogP contribution in [0.5, 0.6) is 0 Å². The van der Waals surface area contributed by atoms with Gasteiger partial charge in [0.1, 0.15) is 5.82 Å². The molecule has 2 fully saturated rings. The lowest BCUT2D eigenvalue weighted by molar-refractivity contribution is -0.129. The van der Waals surface area contributed by atoms with E-state index in [9.17, 15) is 23.5 Å². The summed E-state index contributed by atoms with van der Waals surface area (Å²) in [6, 6.07) is 7.77. The molecule has 2 saturated heterocycles. The minimum atomic E-state index is -3.00. The Morgan fingerprint density at radius 2 is 1.84 bits per heavy atom. The third-order valence-electron chi connectivity index (χ3n) is 7.87. The minimum absolute atomic E-state index is 0.0259. The lowest BCUT2D eigenvalue weighted by atomic mass is 9.92. The number of carbonyl (C=O) groups excluding carboxylic acids is 2. The summed E-state index contributed by atoms with van der Waals surface area (Å²) in [4.78, 5) is 34.2. The van der Waals surface area contributed by atoms with Gasteiger partial charge in [-0.1, -0.05) is 35.9 Å². The topological polar surface area (TPSA) is 89.0 Å². The van der Waals surface area contributed by atoms with Crippen molar-refractivity contribution in [2.75, 3.05) is 38.0 Å². The van der Waals surface area contributed by atoms with Crippen molar-refractivity contribution < 1.29 is 23.5 Å². The number of nitrogens with zero attached hydrogens (tertiary/aromatic N) is 4. The highest BCUT2D eigenvalue weighted by Gasteiger charge is 2.44. The van der Waals surface area contributed by atoms with E-state index in [4.69, 9.17) is 11.6 Å². The molecular formula is C27H32ClF2N5O3. The molecule has 0 spiro atoms. The van der Waals surface area contributed by atoms with Crippen molar-refractivity contribution in [2.24, 2.45) is 0 Å². The molecule has 38 heavy (non-hydrogen) atoms. The van der Waals surface area contributed by atoms with Crippen LogP contribution in [-0.2, 0) is 17.3 Å². The summed E-state index contributed by atoms with van der Waals surface area (Å²) in [5.74, 6) is -2.76. The SMILES string of the molecule is CC(=O)N1CCC(Nc2cc(C(=O)N3CCC(N4Cc5ccccc5C(F)(F)C4)C(O)C3)c(Cl)cn2)CC1. The van der Waals surface area contributed by atoms with Crippen LogP contribution in [0.15, 0.2) is 36.5 Å². The molecule has 3 aliphatic heterocycles. The quantitative estimate of drug-likeness (QED) is 0.610. The second-order valence-electron chi connectivity index (χ2n) is 10.4. The number of rotatable bonds is 4. The largest absolute Gasteiger partial charge is 0.390 e. The molecule has 204 valence electrons. The van der Waals surface area contributed by atoms with E-state index in [0.717, 1.165) is 12.8 Å². The predicted molar refractivity (Wildman–Crippen MR) is 139 cm³/mol. The third-order valence-corrected chi connectivity index (χ3v) is 8.17. The molecule has 2 amide bonds. The zero-order chi connectivity index (χ0) is 27.0. The summed E-state index contributed by atoms with van der Waals surface area (Å²) >= 11 is 6.34. The number of β-amino-alcohol motifs (C(OH)–C–C–N with tert-alkyl or cyclic N) is 1. The summed E-state index contributed by atoms with van der Waals surface area (Å²) in [6.45, 7) is 3.09. The number of aliphatic hydroxyl groups excluding tert-OH is 1. The lowest BCUT2D eigenvalue weighted by Gasteiger charge is -2.45. The van der Waals surface area contributed by atoms with E-state index in [2.05, 4.69) is 10.3 Å². The first kappa shape index (κ1) is 26.8. The molecule has 2 aromatic rings. The van der Waals surface area contributed by atoms with E-state index in [-0.39, 0.29) is 40.6 Å². The number of hydrogen-bond donors (Lipinski definition) is 2. The van der Waals surface area contributed by atoms with Gasteiger partial charge in [-0.15, -0.1) is 0 Å². The molecular weight excluding hydrogens is 516 g/mol. The molecule has 0 aliphatic carbocycles. The predicted octanol–water partition coefficient (Wildman–Crippen LogP) is 3.34. The van der Waals surface area contributed by atoms with Crippen LogP contribution in [0.3, 0.4) is 0 Å². The van der Waals surface area contributed by atoms with E-state index in [1.807, 2.05) is 0 Å². The van der Waals surface area contributed by atoms with E-state index in [1.165, 1.54) is 17.2 Å². The molecule has 0 bridgehead atoms. The molecule has 4 heterocycles. The van der Waals surface area contributed by atoms with Crippen molar-refractivity contribution in [3.05, 3.63) is 58.2 Å². The van der Waals surface area contributed by atoms with Gasteiger partial charge in [0.2, 0.25) is 5.91 Å². The summed E-state index contributed by atoms with van der Waals surface area (Å²) in [5.41, 5.74) is 0.874. The van der Waals surface area contributed by atoms with E-state index >= 15 is 0 Å². The second-order valence-corrected chi connectivity index (χ2v) is 10.8. The molecule has 11 heteroatoms. The van der Waals surface area contributed by atoms with E-state index in [0.29, 0.717) is 44.0 Å². The van der Waals surface area contributed by atoms with Crippen LogP contribution in [0.4, 0.5) is 14.6 Å². The van der Waals surface area contributed by atoms with Gasteiger partial charge in [-0.25, -0.2) is 4.98 Å². The van der Waals surface area contributed by atoms with Gasteiger partial charge in [0, 0.05) is 63.5 Å². The number of fused-ring (bicyclic) bond motifs is 1. The van der Waals surface area contributed by atoms with Gasteiger partial charge in [0.15, 0.2) is 0 Å². The maximum Gasteiger partial charge on any atom is 0.285 e. The fourth-order valence-electron chi connectivity index (χ4n) is 5.79. The Morgan fingerprint density at radius 3 is 2.55 bits per heavy atom. The van der Waals surface area contributed by atoms with Gasteiger partial charge >= 0.3 is 0 Å². The minimum Gasteiger partial charge on any atom is -0.390 e. The number of amides is 2. The van der Waals surface area contributed by atoms with E-state index < -0.39 is 24.6 Å². The molecule has 0 radical (unpaired) electrons. The summed E-state index contributed by atoms with van der Waals surface area (Å²) in [6.07, 6.45) is 2.37. The number of piperidine rings is 2. The third kappa shape index (κ3) is 5.48. The summed E-state index contributed by atoms with van der Waals surface area (Å²) < 4.78 is 29.7. The van der Waals surface area contributed by atoms with Crippen molar-refractivity contribution in [3.63, 3.8) is 0 Å². The zero-order valence-corrected chi connectivity index (χ0v) is 22.0. The molecule has 5 rings (SSSR count). The average Bonchev–Trinajstić information content (AvgIpc) is 2.89. The van der Waals surface area contributed by atoms with Gasteiger partial charge in [-0.2, -0.15) is 8.78 Å². The van der Waals surface area contributed by atoms with Gasteiger partial charge < -0.3 is 20.2 Å². The smallest absolute Gasteiger partial charge is 0.285 e. The highest BCUT2D eigenvalue weighted by molar-refractivity contribution is 6.33. The first-order valence-corrected chi connectivity index (χ1v) is 13.4. The number of halogens is 3. The standard InChI is InChI=1S/C27H32ClF2N5O3/c1-17(36)33-9-6-19(7-10-33)32-25-12-20(22(28)13-31-25)26(38)34-11-8-23(24(37)15-34)35-14-18-4-2-3-5-21(18)27(29,30)16-35/h2-5,12-13,19,23-24,37H,6-11,14-16H2,1H3,(H,31,32). The number of nitrogens with one attached hydrogen (secondary N) is 1. The van der Waals surface area contributed by atoms with Crippen LogP contribution in [0.1, 0.15) is 47.7 Å². The van der Waals surface area contributed by atoms with Crippen molar-refractivity contribution in [2.45, 2.75) is 56.8 Å². The van der Waals surface area contributed by atoms with Crippen molar-refractivity contribution >= 4 is 29.2 Å². The van der Waals surface area contributed by atoms with Crippen molar-refractivity contribution in [1.82, 2.24) is 19.7 Å². The summed E-state index contributed by atoms with van der Waals surface area (Å²) in [7, 11) is 0. The highest BCUT2D eigenvalue weighted by Crippen LogP contribution is 2.38. The Bertz CT molecular complexity index is 1210. The number of benzene rings is 1. The Kier molecular flexibility index (Phi) is 7.57. The molecule has 1 aromatic heterocycles. The molecule has 2 N–H and O–H groups in total. The Labute approximate surface area is 225 Å². The number of anilines is 1. The Balaban J connectivity index is 1.23. The van der Waals surface area contributed by atoms with Crippen LogP contribution < -0.4 is 5.32 Å². The Hall–Kier alpha value is -2.82. The molecule has 2 atom stereocenters. The molecule has 8 nitrogen and oxygen atoms in total. The molecule has 2 unspecified atom stereocenters. The van der Waals surface area contributed by atoms with Gasteiger partial charge in [0.05, 0.1) is 23.2 Å². The number of hydrogen-bond acceptors (Lipinski definition) is 6. The molecule has 1 aromatic carbocycles. The number of aliphatic hydroxyl groups is 1. The zero-order valence-electron chi connectivity index (χ0n) is 21.2. The lowest BCUT2D eigenvalue weighted by Crippen LogP contribution is -2.57. The van der Waals surface area contributed by atoms with E-state index in [1.54, 1.807) is 41.0 Å². The number of likely N-dealkylation sites (tertiary alicyclic amines) is 2. The van der Waals surface area contributed by atoms with Crippen LogP contribution in [-0.4, -0.2) is 87.5 Å². The van der Waals surface area contributed by atoms with Crippen LogP contribution in [0, 0.1) is 0 Å². The summed E-state index contributed by atoms with van der Waals surface area (Å²) in [5, 5.41) is 14.5. The number of carbonyl (C=O) groups is 2. The normalized spacial score (nSPS) is 24.1. The van der Waals surface area contributed by atoms with Crippen LogP contribution in [0.2, 0.25) is 5.02 Å². The molecule has 0 saturated carbocycles. The van der Waals surface area contributed by atoms with Crippen LogP contribution in [0.25, 0.3) is 0 Å². The first-order valence-electron chi connectivity index (χ1n) is 13.0. The maximum atomic E-state index is 14.8. The van der Waals surface area contributed by atoms with Crippen molar-refractivity contribution in [3.8, 4) is 0 Å². The monoisotopic (exact) mass is 547 g/mol. The highest BCUT2D eigenvalue weighted by atomic mass is 35.5. The molecule has 3 aliphatic rings. The number of pyridine rings is 1. The van der Waals surface area contributed by atoms with Gasteiger partial charge in [0.25, 0.3) is 11.8 Å². The van der Waals surface area contributed by atoms with Gasteiger partial charge in [-0.05, 0) is 30.9 Å². The fraction of sp³-hybridized carbons (Fsp3) is 0.519. The van der Waals surface area contributed by atoms with Crippen molar-refractivity contribution in [1.29, 1.82) is 0 Å². The van der Waals surface area contributed by atoms with Crippen LogP contribution >= 0.6 is 11.6 Å².